The number of aliphatic hydroxyl groups is 2. The van der Waals surface area contributed by atoms with Crippen LogP contribution >= 0.6 is 0 Å². The van der Waals surface area contributed by atoms with Crippen molar-refractivity contribution in [3.05, 3.63) is 0 Å². The van der Waals surface area contributed by atoms with Crippen molar-refractivity contribution in [3.63, 3.8) is 0 Å². The van der Waals surface area contributed by atoms with Gasteiger partial charge in [-0.1, -0.05) is 33.1 Å². The van der Waals surface area contributed by atoms with E-state index in [0.29, 0.717) is 12.5 Å². The zero-order valence-electron chi connectivity index (χ0n) is 12.3. The lowest BCUT2D eigenvalue weighted by Crippen LogP contribution is -2.45. The number of hydrogen-bond donors (Lipinski definition) is 3. The van der Waals surface area contributed by atoms with Gasteiger partial charge in [0.1, 0.15) is 0 Å². The van der Waals surface area contributed by atoms with Crippen LogP contribution in [0.2, 0.25) is 0 Å². The van der Waals surface area contributed by atoms with Crippen molar-refractivity contribution < 1.29 is 10.2 Å². The van der Waals surface area contributed by atoms with Gasteiger partial charge in [-0.15, -0.1) is 0 Å². The maximum atomic E-state index is 10.2. The van der Waals surface area contributed by atoms with Gasteiger partial charge in [0.15, 0.2) is 0 Å². The molecule has 0 aromatic rings. The third-order valence-electron chi connectivity index (χ3n) is 4.10. The van der Waals surface area contributed by atoms with Crippen molar-refractivity contribution in [1.82, 2.24) is 5.32 Å². The molecule has 0 spiro atoms. The summed E-state index contributed by atoms with van der Waals surface area (Å²) in [7, 11) is 0. The van der Waals surface area contributed by atoms with E-state index in [4.69, 9.17) is 0 Å². The molecule has 0 aromatic carbocycles. The molecule has 1 aliphatic rings. The van der Waals surface area contributed by atoms with Gasteiger partial charge in [-0.25, -0.2) is 0 Å². The Hall–Kier alpha value is -0.120. The maximum Gasteiger partial charge on any atom is 0.0746 e. The van der Waals surface area contributed by atoms with E-state index in [1.165, 1.54) is 19.3 Å². The first-order chi connectivity index (χ1) is 8.39. The van der Waals surface area contributed by atoms with Gasteiger partial charge in [0, 0.05) is 25.1 Å². The molecule has 3 N–H and O–H groups in total. The SMILES string of the molecule is CC(C)CC(C)(O)CNCC1(CO)CCCCC1. The molecule has 108 valence electrons. The summed E-state index contributed by atoms with van der Waals surface area (Å²) in [5.74, 6) is 0.503. The van der Waals surface area contributed by atoms with Crippen LogP contribution in [0.25, 0.3) is 0 Å². The Morgan fingerprint density at radius 3 is 2.33 bits per heavy atom. The van der Waals surface area contributed by atoms with E-state index >= 15 is 0 Å². The quantitative estimate of drug-likeness (QED) is 0.656. The van der Waals surface area contributed by atoms with E-state index in [0.717, 1.165) is 25.8 Å². The average molecular weight is 257 g/mol. The fraction of sp³-hybridized carbons (Fsp3) is 1.00. The third kappa shape index (κ3) is 5.25. The monoisotopic (exact) mass is 257 g/mol. The summed E-state index contributed by atoms with van der Waals surface area (Å²) in [6, 6.07) is 0. The van der Waals surface area contributed by atoms with Crippen LogP contribution in [-0.4, -0.2) is 35.5 Å². The molecule has 3 nitrogen and oxygen atoms in total. The summed E-state index contributed by atoms with van der Waals surface area (Å²) in [5, 5.41) is 23.2. The van der Waals surface area contributed by atoms with Crippen molar-refractivity contribution in [1.29, 1.82) is 0 Å². The summed E-state index contributed by atoms with van der Waals surface area (Å²) in [5.41, 5.74) is -0.578. The van der Waals surface area contributed by atoms with Crippen molar-refractivity contribution >= 4 is 0 Å². The molecule has 1 aliphatic carbocycles. The second-order valence-electron chi connectivity index (χ2n) is 6.92. The Bertz CT molecular complexity index is 233. The highest BCUT2D eigenvalue weighted by molar-refractivity contribution is 4.86. The number of hydrogen-bond acceptors (Lipinski definition) is 3. The molecular weight excluding hydrogens is 226 g/mol. The Kier molecular flexibility index (Phi) is 6.09. The van der Waals surface area contributed by atoms with Crippen LogP contribution < -0.4 is 5.32 Å². The Morgan fingerprint density at radius 2 is 1.83 bits per heavy atom. The predicted molar refractivity (Wildman–Crippen MR) is 75.6 cm³/mol. The molecule has 1 rings (SSSR count). The third-order valence-corrected chi connectivity index (χ3v) is 4.10. The highest BCUT2D eigenvalue weighted by Crippen LogP contribution is 2.35. The average Bonchev–Trinajstić information content (AvgIpc) is 2.28. The molecule has 0 aliphatic heterocycles. The summed E-state index contributed by atoms with van der Waals surface area (Å²) in [6.45, 7) is 7.87. The van der Waals surface area contributed by atoms with Crippen LogP contribution in [-0.2, 0) is 0 Å². The van der Waals surface area contributed by atoms with Crippen LogP contribution in [0.5, 0.6) is 0 Å². The van der Waals surface area contributed by atoms with Crippen LogP contribution in [0.3, 0.4) is 0 Å². The van der Waals surface area contributed by atoms with Crippen LogP contribution in [0.4, 0.5) is 0 Å². The summed E-state index contributed by atoms with van der Waals surface area (Å²) in [4.78, 5) is 0. The lowest BCUT2D eigenvalue weighted by Gasteiger charge is -2.37. The van der Waals surface area contributed by atoms with E-state index in [2.05, 4.69) is 19.2 Å². The lowest BCUT2D eigenvalue weighted by molar-refractivity contribution is 0.0275. The minimum Gasteiger partial charge on any atom is -0.396 e. The minimum absolute atomic E-state index is 0.0617. The van der Waals surface area contributed by atoms with Gasteiger partial charge in [-0.05, 0) is 32.1 Å². The van der Waals surface area contributed by atoms with E-state index in [1.807, 2.05) is 6.92 Å². The van der Waals surface area contributed by atoms with E-state index < -0.39 is 5.60 Å². The molecule has 3 heteroatoms. The molecule has 0 amide bonds. The van der Waals surface area contributed by atoms with Crippen LogP contribution in [0, 0.1) is 11.3 Å². The molecule has 0 radical (unpaired) electrons. The van der Waals surface area contributed by atoms with Crippen LogP contribution in [0.1, 0.15) is 59.3 Å². The van der Waals surface area contributed by atoms with Crippen molar-refractivity contribution in [2.24, 2.45) is 11.3 Å². The van der Waals surface area contributed by atoms with E-state index in [9.17, 15) is 10.2 Å². The molecule has 0 heterocycles. The smallest absolute Gasteiger partial charge is 0.0746 e. The Morgan fingerprint density at radius 1 is 1.22 bits per heavy atom. The normalized spacial score (nSPS) is 23.0. The number of nitrogens with one attached hydrogen (secondary N) is 1. The molecule has 0 aromatic heterocycles. The predicted octanol–water partition coefficient (Wildman–Crippen LogP) is 2.32. The van der Waals surface area contributed by atoms with Gasteiger partial charge in [-0.3, -0.25) is 0 Å². The molecule has 1 atom stereocenters. The van der Waals surface area contributed by atoms with Crippen molar-refractivity contribution in [2.45, 2.75) is 64.9 Å². The maximum absolute atomic E-state index is 10.2. The van der Waals surface area contributed by atoms with Gasteiger partial charge in [0.2, 0.25) is 0 Å². The summed E-state index contributed by atoms with van der Waals surface area (Å²) in [6.07, 6.45) is 6.79. The van der Waals surface area contributed by atoms with E-state index in [-0.39, 0.29) is 12.0 Å². The highest BCUT2D eigenvalue weighted by Gasteiger charge is 2.32. The zero-order valence-corrected chi connectivity index (χ0v) is 12.3. The van der Waals surface area contributed by atoms with Gasteiger partial charge >= 0.3 is 0 Å². The molecule has 0 bridgehead atoms. The van der Waals surface area contributed by atoms with Crippen molar-refractivity contribution in [3.8, 4) is 0 Å². The Labute approximate surface area is 112 Å². The standard InChI is InChI=1S/C15H31NO2/c1-13(2)9-14(3,18)10-16-11-15(12-17)7-5-4-6-8-15/h13,16-18H,4-12H2,1-3H3. The highest BCUT2D eigenvalue weighted by atomic mass is 16.3. The van der Waals surface area contributed by atoms with Gasteiger partial charge in [0.25, 0.3) is 0 Å². The first-order valence-electron chi connectivity index (χ1n) is 7.43. The Balaban J connectivity index is 2.34. The van der Waals surface area contributed by atoms with Gasteiger partial charge in [-0.2, -0.15) is 0 Å². The van der Waals surface area contributed by atoms with E-state index in [1.54, 1.807) is 0 Å². The molecule has 1 saturated carbocycles. The first-order valence-corrected chi connectivity index (χ1v) is 7.43. The molecule has 0 saturated heterocycles. The van der Waals surface area contributed by atoms with Gasteiger partial charge in [0.05, 0.1) is 5.60 Å². The first kappa shape index (κ1) is 15.9. The second-order valence-corrected chi connectivity index (χ2v) is 6.92. The van der Waals surface area contributed by atoms with Crippen molar-refractivity contribution in [2.75, 3.05) is 19.7 Å². The number of rotatable bonds is 7. The fourth-order valence-corrected chi connectivity index (χ4v) is 3.24. The zero-order chi connectivity index (χ0) is 13.6. The van der Waals surface area contributed by atoms with Gasteiger partial charge < -0.3 is 15.5 Å². The summed E-state index contributed by atoms with van der Waals surface area (Å²) < 4.78 is 0. The molecule has 1 fully saturated rings. The fourth-order valence-electron chi connectivity index (χ4n) is 3.24. The summed E-state index contributed by atoms with van der Waals surface area (Å²) >= 11 is 0. The van der Waals surface area contributed by atoms with Crippen LogP contribution in [0.15, 0.2) is 0 Å². The second kappa shape index (κ2) is 6.88. The molecular formula is C15H31NO2. The lowest BCUT2D eigenvalue weighted by atomic mass is 9.74. The topological polar surface area (TPSA) is 52.5 Å². The molecule has 1 unspecified atom stereocenters. The largest absolute Gasteiger partial charge is 0.396 e. The minimum atomic E-state index is -0.639. The number of aliphatic hydroxyl groups excluding tert-OH is 1. The molecule has 18 heavy (non-hydrogen) atoms.